The van der Waals surface area contributed by atoms with Gasteiger partial charge in [0.1, 0.15) is 5.75 Å². The molecule has 0 amide bonds. The van der Waals surface area contributed by atoms with Gasteiger partial charge in [0, 0.05) is 56.1 Å². The van der Waals surface area contributed by atoms with E-state index in [4.69, 9.17) is 16.3 Å². The molecule has 3 rings (SSSR count). The Balaban J connectivity index is 1.60. The minimum atomic E-state index is 0.297. The van der Waals surface area contributed by atoms with Crippen molar-refractivity contribution in [1.29, 1.82) is 0 Å². The Morgan fingerprint density at radius 1 is 1.39 bits per heavy atom. The van der Waals surface area contributed by atoms with Crippen LogP contribution in [0.3, 0.4) is 0 Å². The molecule has 1 aromatic heterocycles. The van der Waals surface area contributed by atoms with Crippen LogP contribution in [0.5, 0.6) is 5.75 Å². The van der Waals surface area contributed by atoms with E-state index in [-0.39, 0.29) is 0 Å². The van der Waals surface area contributed by atoms with Crippen molar-refractivity contribution in [2.75, 3.05) is 32.1 Å². The normalized spacial score (nSPS) is 17.1. The van der Waals surface area contributed by atoms with Crippen molar-refractivity contribution < 1.29 is 4.74 Å². The van der Waals surface area contributed by atoms with Crippen LogP contribution in [-0.2, 0) is 13.6 Å². The van der Waals surface area contributed by atoms with Crippen molar-refractivity contribution in [3.63, 3.8) is 0 Å². The maximum absolute atomic E-state index is 6.19. The number of halogens is 1. The lowest BCUT2D eigenvalue weighted by Gasteiger charge is -2.22. The Morgan fingerprint density at radius 3 is 2.82 bits per heavy atom. The second kappa shape index (κ2) is 8.73. The average Bonchev–Trinajstić information content (AvgIpc) is 3.23. The summed E-state index contributed by atoms with van der Waals surface area (Å²) in [5.74, 6) is 1.64. The van der Waals surface area contributed by atoms with Gasteiger partial charge in [-0.2, -0.15) is 5.10 Å². The van der Waals surface area contributed by atoms with Crippen molar-refractivity contribution in [3.05, 3.63) is 40.2 Å². The van der Waals surface area contributed by atoms with E-state index < -0.39 is 0 Å². The van der Waals surface area contributed by atoms with Gasteiger partial charge in [-0.25, -0.2) is 0 Å². The van der Waals surface area contributed by atoms with Crippen LogP contribution < -0.4 is 20.3 Å². The molecule has 0 bridgehead atoms. The van der Waals surface area contributed by atoms with Crippen LogP contribution in [-0.4, -0.2) is 49.0 Å². The van der Waals surface area contributed by atoms with Gasteiger partial charge in [0.2, 0.25) is 0 Å². The molecule has 28 heavy (non-hydrogen) atoms. The number of aromatic nitrogens is 2. The molecule has 2 aromatic rings. The topological polar surface area (TPSA) is 66.7 Å². The van der Waals surface area contributed by atoms with Crippen molar-refractivity contribution in [3.8, 4) is 5.75 Å². The molecule has 1 aliphatic heterocycles. The molecule has 0 spiro atoms. The Hall–Kier alpha value is -2.41. The summed E-state index contributed by atoms with van der Waals surface area (Å²) in [6, 6.07) is 6.02. The van der Waals surface area contributed by atoms with E-state index in [1.807, 2.05) is 36.9 Å². The molecule has 2 N–H and O–H groups in total. The average molecular weight is 405 g/mol. The second-order valence-electron chi connectivity index (χ2n) is 7.09. The molecular weight excluding hydrogens is 376 g/mol. The zero-order chi connectivity index (χ0) is 20.3. The predicted molar refractivity (Wildman–Crippen MR) is 115 cm³/mol. The second-order valence-corrected chi connectivity index (χ2v) is 7.53. The van der Waals surface area contributed by atoms with Crippen LogP contribution in [0.1, 0.15) is 23.4 Å². The number of methoxy groups -OCH3 is 1. The van der Waals surface area contributed by atoms with E-state index in [2.05, 4.69) is 32.5 Å². The first-order valence-corrected chi connectivity index (χ1v) is 9.85. The van der Waals surface area contributed by atoms with Gasteiger partial charge in [-0.3, -0.25) is 9.67 Å². The molecule has 1 fully saturated rings. The summed E-state index contributed by atoms with van der Waals surface area (Å²) in [7, 11) is 5.45. The summed E-state index contributed by atoms with van der Waals surface area (Å²) in [5.41, 5.74) is 4.45. The maximum atomic E-state index is 6.19. The quantitative estimate of drug-likeness (QED) is 0.592. The standard InChI is InChI=1S/C20H29ClN6O/c1-13-17(14(2)26(4)25-13)11-23-20(22-3)24-16-8-9-27(12-16)18-10-15(21)6-7-19(18)28-5/h6-7,10,16H,8-9,11-12H2,1-5H3,(H2,22,23,24). The molecule has 8 heteroatoms. The fourth-order valence-electron chi connectivity index (χ4n) is 3.64. The third kappa shape index (κ3) is 4.35. The van der Waals surface area contributed by atoms with Crippen molar-refractivity contribution in [2.45, 2.75) is 32.9 Å². The molecule has 1 saturated heterocycles. The van der Waals surface area contributed by atoms with E-state index >= 15 is 0 Å². The summed E-state index contributed by atoms with van der Waals surface area (Å²) in [4.78, 5) is 6.68. The lowest BCUT2D eigenvalue weighted by atomic mass is 10.2. The lowest BCUT2D eigenvalue weighted by Crippen LogP contribution is -2.44. The van der Waals surface area contributed by atoms with Crippen molar-refractivity contribution in [1.82, 2.24) is 20.4 Å². The number of rotatable bonds is 5. The third-order valence-corrected chi connectivity index (χ3v) is 5.56. The molecule has 1 aromatic carbocycles. The van der Waals surface area contributed by atoms with Gasteiger partial charge < -0.3 is 20.3 Å². The molecule has 0 aliphatic carbocycles. The Morgan fingerprint density at radius 2 is 2.18 bits per heavy atom. The van der Waals surface area contributed by atoms with E-state index in [1.165, 1.54) is 11.3 Å². The van der Waals surface area contributed by atoms with Gasteiger partial charge in [-0.05, 0) is 38.5 Å². The Labute approximate surface area is 171 Å². The highest BCUT2D eigenvalue weighted by Gasteiger charge is 2.25. The number of aliphatic imine (C=N–C) groups is 1. The maximum Gasteiger partial charge on any atom is 0.191 e. The van der Waals surface area contributed by atoms with Crippen molar-refractivity contribution >= 4 is 23.2 Å². The highest BCUT2D eigenvalue weighted by atomic mass is 35.5. The Bertz CT molecular complexity index is 863. The molecule has 1 atom stereocenters. The summed E-state index contributed by atoms with van der Waals surface area (Å²) < 4.78 is 7.41. The van der Waals surface area contributed by atoms with Gasteiger partial charge >= 0.3 is 0 Å². The fourth-order valence-corrected chi connectivity index (χ4v) is 3.81. The molecule has 1 aliphatic rings. The zero-order valence-electron chi connectivity index (χ0n) is 17.2. The monoisotopic (exact) mass is 404 g/mol. The summed E-state index contributed by atoms with van der Waals surface area (Å²) in [6.45, 7) is 6.62. The molecular formula is C20H29ClN6O. The van der Waals surface area contributed by atoms with Gasteiger partial charge in [-0.15, -0.1) is 0 Å². The smallest absolute Gasteiger partial charge is 0.191 e. The summed E-state index contributed by atoms with van der Waals surface area (Å²) in [5, 5.41) is 12.1. The van der Waals surface area contributed by atoms with E-state index in [1.54, 1.807) is 14.2 Å². The first-order valence-electron chi connectivity index (χ1n) is 9.47. The number of hydrogen-bond acceptors (Lipinski definition) is 4. The van der Waals surface area contributed by atoms with Crippen molar-refractivity contribution in [2.24, 2.45) is 12.0 Å². The van der Waals surface area contributed by atoms with Gasteiger partial charge in [0.15, 0.2) is 5.96 Å². The first-order chi connectivity index (χ1) is 13.4. The van der Waals surface area contributed by atoms with Crippen LogP contribution in [0, 0.1) is 13.8 Å². The SMILES string of the molecule is CN=C(NCc1c(C)nn(C)c1C)NC1CCN(c2cc(Cl)ccc2OC)C1. The number of anilines is 1. The van der Waals surface area contributed by atoms with Gasteiger partial charge in [0.05, 0.1) is 18.5 Å². The lowest BCUT2D eigenvalue weighted by molar-refractivity contribution is 0.415. The number of aryl methyl sites for hydroxylation is 2. The fraction of sp³-hybridized carbons (Fsp3) is 0.500. The molecule has 2 heterocycles. The summed E-state index contributed by atoms with van der Waals surface area (Å²) >= 11 is 6.19. The van der Waals surface area contributed by atoms with Crippen LogP contribution in [0.15, 0.2) is 23.2 Å². The third-order valence-electron chi connectivity index (χ3n) is 5.33. The number of nitrogens with one attached hydrogen (secondary N) is 2. The first kappa shape index (κ1) is 20.3. The minimum Gasteiger partial charge on any atom is -0.495 e. The van der Waals surface area contributed by atoms with Crippen LogP contribution >= 0.6 is 11.6 Å². The molecule has 1 unspecified atom stereocenters. The number of ether oxygens (including phenoxy) is 1. The molecule has 0 saturated carbocycles. The van der Waals surface area contributed by atoms with Crippen LogP contribution in [0.25, 0.3) is 0 Å². The van der Waals surface area contributed by atoms with Crippen LogP contribution in [0.4, 0.5) is 5.69 Å². The number of guanidine groups is 1. The number of nitrogens with zero attached hydrogens (tertiary/aromatic N) is 4. The predicted octanol–water partition coefficient (Wildman–Crippen LogP) is 2.64. The zero-order valence-corrected chi connectivity index (χ0v) is 18.0. The summed E-state index contributed by atoms with van der Waals surface area (Å²) in [6.07, 6.45) is 1.02. The number of hydrogen-bond donors (Lipinski definition) is 2. The highest BCUT2D eigenvalue weighted by molar-refractivity contribution is 6.30. The molecule has 0 radical (unpaired) electrons. The molecule has 7 nitrogen and oxygen atoms in total. The van der Waals surface area contributed by atoms with E-state index in [0.717, 1.165) is 42.6 Å². The van der Waals surface area contributed by atoms with E-state index in [0.29, 0.717) is 17.6 Å². The number of benzene rings is 1. The van der Waals surface area contributed by atoms with Crippen LogP contribution in [0.2, 0.25) is 5.02 Å². The van der Waals surface area contributed by atoms with E-state index in [9.17, 15) is 0 Å². The highest BCUT2D eigenvalue weighted by Crippen LogP contribution is 2.33. The molecule has 152 valence electrons. The van der Waals surface area contributed by atoms with Gasteiger partial charge in [0.25, 0.3) is 0 Å². The largest absolute Gasteiger partial charge is 0.495 e. The minimum absolute atomic E-state index is 0.297. The Kier molecular flexibility index (Phi) is 6.34. The van der Waals surface area contributed by atoms with Gasteiger partial charge in [-0.1, -0.05) is 11.6 Å².